The summed E-state index contributed by atoms with van der Waals surface area (Å²) in [5, 5.41) is 3.02. The quantitative estimate of drug-likeness (QED) is 0.415. The number of amides is 1. The number of rotatable bonds is 11. The lowest BCUT2D eigenvalue weighted by molar-refractivity contribution is -0.117. The zero-order valence-electron chi connectivity index (χ0n) is 19.9. The lowest BCUT2D eigenvalue weighted by atomic mass is 10.0. The zero-order valence-corrected chi connectivity index (χ0v) is 20.7. The van der Waals surface area contributed by atoms with E-state index in [1.807, 2.05) is 69.3 Å². The highest BCUT2D eigenvalue weighted by Gasteiger charge is 2.27. The minimum absolute atomic E-state index is 0.0741. The first-order valence-corrected chi connectivity index (χ1v) is 13.1. The fourth-order valence-electron chi connectivity index (χ4n) is 3.79. The number of sulfonamides is 1. The third-order valence-electron chi connectivity index (χ3n) is 5.59. The van der Waals surface area contributed by atoms with Crippen LogP contribution >= 0.6 is 0 Å². The topological polar surface area (TPSA) is 84.5 Å². The van der Waals surface area contributed by atoms with Crippen molar-refractivity contribution in [2.75, 3.05) is 11.9 Å². The molecule has 34 heavy (non-hydrogen) atoms. The van der Waals surface area contributed by atoms with E-state index in [0.717, 1.165) is 35.2 Å². The van der Waals surface area contributed by atoms with Crippen molar-refractivity contribution in [1.29, 1.82) is 0 Å². The standard InChI is InChI=1S/C27H32N2O4S/c1-4-21-13-10-14-22(5-2)26(21)28-27(30)25(19-20-11-8-7-9-12-20)29-34(31,32)24-17-15-23(16-18-24)33-6-3/h7-18,25,29H,4-6,19H2,1-3H3,(H,28,30)/t25-/m1/s1. The summed E-state index contributed by atoms with van der Waals surface area (Å²) >= 11 is 0. The van der Waals surface area contributed by atoms with E-state index in [1.165, 1.54) is 12.1 Å². The molecule has 0 unspecified atom stereocenters. The monoisotopic (exact) mass is 480 g/mol. The number of carbonyl (C=O) groups excluding carboxylic acids is 1. The van der Waals surface area contributed by atoms with Gasteiger partial charge in [0, 0.05) is 5.69 Å². The van der Waals surface area contributed by atoms with Crippen LogP contribution in [0.3, 0.4) is 0 Å². The molecule has 3 aromatic carbocycles. The van der Waals surface area contributed by atoms with Crippen LogP contribution in [-0.2, 0) is 34.1 Å². The number of para-hydroxylation sites is 1. The third kappa shape index (κ3) is 6.46. The van der Waals surface area contributed by atoms with Gasteiger partial charge in [0.1, 0.15) is 11.8 Å². The maximum atomic E-state index is 13.4. The number of ether oxygens (including phenoxy) is 1. The van der Waals surface area contributed by atoms with E-state index < -0.39 is 22.0 Å². The molecule has 1 amide bonds. The molecule has 0 saturated heterocycles. The van der Waals surface area contributed by atoms with Crippen molar-refractivity contribution in [2.24, 2.45) is 0 Å². The number of aryl methyl sites for hydroxylation is 2. The Balaban J connectivity index is 1.90. The second kappa shape index (κ2) is 11.8. The largest absolute Gasteiger partial charge is 0.494 e. The molecule has 3 aromatic rings. The molecular weight excluding hydrogens is 448 g/mol. The zero-order chi connectivity index (χ0) is 24.6. The number of hydrogen-bond acceptors (Lipinski definition) is 4. The van der Waals surface area contributed by atoms with Crippen LogP contribution in [0.2, 0.25) is 0 Å². The number of hydrogen-bond donors (Lipinski definition) is 2. The SMILES string of the molecule is CCOc1ccc(S(=O)(=O)N[C@H](Cc2ccccc2)C(=O)Nc2c(CC)cccc2CC)cc1. The van der Waals surface area contributed by atoms with Gasteiger partial charge in [0.05, 0.1) is 11.5 Å². The van der Waals surface area contributed by atoms with Crippen LogP contribution in [-0.4, -0.2) is 27.0 Å². The van der Waals surface area contributed by atoms with Gasteiger partial charge in [-0.25, -0.2) is 8.42 Å². The van der Waals surface area contributed by atoms with Crippen molar-refractivity contribution in [2.45, 2.75) is 51.0 Å². The van der Waals surface area contributed by atoms with E-state index >= 15 is 0 Å². The molecule has 7 heteroatoms. The Morgan fingerprint density at radius 3 is 2.03 bits per heavy atom. The minimum Gasteiger partial charge on any atom is -0.494 e. The summed E-state index contributed by atoms with van der Waals surface area (Å²) in [6.45, 7) is 6.41. The first-order chi connectivity index (χ1) is 16.4. The molecule has 0 aromatic heterocycles. The van der Waals surface area contributed by atoms with Gasteiger partial charge in [-0.05, 0) is 67.1 Å². The highest BCUT2D eigenvalue weighted by atomic mass is 32.2. The molecular formula is C27H32N2O4S. The number of anilines is 1. The first-order valence-electron chi connectivity index (χ1n) is 11.6. The van der Waals surface area contributed by atoms with Crippen molar-refractivity contribution in [3.8, 4) is 5.75 Å². The summed E-state index contributed by atoms with van der Waals surface area (Å²) in [5.41, 5.74) is 3.65. The van der Waals surface area contributed by atoms with Crippen molar-refractivity contribution >= 4 is 21.6 Å². The van der Waals surface area contributed by atoms with Crippen LogP contribution in [0.1, 0.15) is 37.5 Å². The number of carbonyl (C=O) groups is 1. The lowest BCUT2D eigenvalue weighted by Crippen LogP contribution is -2.45. The molecule has 0 radical (unpaired) electrons. The average Bonchev–Trinajstić information content (AvgIpc) is 2.84. The number of nitrogens with one attached hydrogen (secondary N) is 2. The Hall–Kier alpha value is -3.16. The summed E-state index contributed by atoms with van der Waals surface area (Å²) in [6, 6.07) is 20.5. The van der Waals surface area contributed by atoms with Gasteiger partial charge < -0.3 is 10.1 Å². The summed E-state index contributed by atoms with van der Waals surface area (Å²) < 4.78 is 34.4. The molecule has 180 valence electrons. The Morgan fingerprint density at radius 2 is 1.47 bits per heavy atom. The van der Waals surface area contributed by atoms with E-state index in [4.69, 9.17) is 4.74 Å². The van der Waals surface area contributed by atoms with Gasteiger partial charge in [-0.15, -0.1) is 0 Å². The molecule has 2 N–H and O–H groups in total. The van der Waals surface area contributed by atoms with Crippen LogP contribution in [0.4, 0.5) is 5.69 Å². The van der Waals surface area contributed by atoms with Crippen molar-refractivity contribution in [3.05, 3.63) is 89.5 Å². The van der Waals surface area contributed by atoms with Gasteiger partial charge in [0.25, 0.3) is 0 Å². The molecule has 0 spiro atoms. The smallest absolute Gasteiger partial charge is 0.242 e. The van der Waals surface area contributed by atoms with Gasteiger partial charge in [0.15, 0.2) is 0 Å². The molecule has 3 rings (SSSR count). The Labute approximate surface area is 202 Å². The molecule has 1 atom stereocenters. The number of benzene rings is 3. The van der Waals surface area contributed by atoms with Gasteiger partial charge in [0.2, 0.25) is 15.9 Å². The van der Waals surface area contributed by atoms with Crippen molar-refractivity contribution in [1.82, 2.24) is 4.72 Å². The normalized spacial score (nSPS) is 12.2. The Morgan fingerprint density at radius 1 is 0.853 bits per heavy atom. The van der Waals surface area contributed by atoms with Gasteiger partial charge in [-0.1, -0.05) is 62.4 Å². The minimum atomic E-state index is -3.95. The molecule has 0 aliphatic rings. The molecule has 0 saturated carbocycles. The highest BCUT2D eigenvalue weighted by Crippen LogP contribution is 2.23. The summed E-state index contributed by atoms with van der Waals surface area (Å²) in [6.07, 6.45) is 1.73. The maximum absolute atomic E-state index is 13.4. The predicted molar refractivity (Wildman–Crippen MR) is 136 cm³/mol. The highest BCUT2D eigenvalue weighted by molar-refractivity contribution is 7.89. The fraction of sp³-hybridized carbons (Fsp3) is 0.296. The fourth-order valence-corrected chi connectivity index (χ4v) is 4.98. The van der Waals surface area contributed by atoms with Crippen LogP contribution in [0.25, 0.3) is 0 Å². The molecule has 6 nitrogen and oxygen atoms in total. The van der Waals surface area contributed by atoms with E-state index in [9.17, 15) is 13.2 Å². The maximum Gasteiger partial charge on any atom is 0.242 e. The van der Waals surface area contributed by atoms with Gasteiger partial charge >= 0.3 is 0 Å². The van der Waals surface area contributed by atoms with Crippen molar-refractivity contribution in [3.63, 3.8) is 0 Å². The van der Waals surface area contributed by atoms with Crippen molar-refractivity contribution < 1.29 is 17.9 Å². The lowest BCUT2D eigenvalue weighted by Gasteiger charge is -2.21. The summed E-state index contributed by atoms with van der Waals surface area (Å²) in [7, 11) is -3.95. The van der Waals surface area contributed by atoms with Crippen LogP contribution in [0.15, 0.2) is 77.7 Å². The van der Waals surface area contributed by atoms with Gasteiger partial charge in [-0.2, -0.15) is 4.72 Å². The van der Waals surface area contributed by atoms with E-state index in [2.05, 4.69) is 10.0 Å². The van der Waals surface area contributed by atoms with Crippen LogP contribution in [0, 0.1) is 0 Å². The van der Waals surface area contributed by atoms with Crippen LogP contribution < -0.4 is 14.8 Å². The Bertz CT molecular complexity index is 1170. The second-order valence-corrected chi connectivity index (χ2v) is 9.63. The first kappa shape index (κ1) is 25.5. The summed E-state index contributed by atoms with van der Waals surface area (Å²) in [5.74, 6) is 0.192. The third-order valence-corrected chi connectivity index (χ3v) is 7.08. The molecule has 0 heterocycles. The average molecular weight is 481 g/mol. The van der Waals surface area contributed by atoms with E-state index in [1.54, 1.807) is 12.1 Å². The van der Waals surface area contributed by atoms with E-state index in [-0.39, 0.29) is 11.3 Å². The predicted octanol–water partition coefficient (Wildman–Crippen LogP) is 4.74. The molecule has 0 aliphatic carbocycles. The van der Waals surface area contributed by atoms with Crippen LogP contribution in [0.5, 0.6) is 5.75 Å². The van der Waals surface area contributed by atoms with E-state index in [0.29, 0.717) is 12.4 Å². The molecule has 0 aliphatic heterocycles. The van der Waals surface area contributed by atoms with Gasteiger partial charge in [-0.3, -0.25) is 4.79 Å². The second-order valence-electron chi connectivity index (χ2n) is 7.92. The molecule has 0 bridgehead atoms. The Kier molecular flexibility index (Phi) is 8.85. The molecule has 0 fully saturated rings. The summed E-state index contributed by atoms with van der Waals surface area (Å²) in [4.78, 5) is 13.5.